The van der Waals surface area contributed by atoms with Crippen LogP contribution < -0.4 is 0 Å². The molecule has 2 heterocycles. The van der Waals surface area contributed by atoms with E-state index in [2.05, 4.69) is 20.4 Å². The smallest absolute Gasteiger partial charge is 0.314 e. The van der Waals surface area contributed by atoms with Gasteiger partial charge in [-0.25, -0.2) is 8.78 Å². The molecule has 0 bridgehead atoms. The molecule has 0 saturated carbocycles. The van der Waals surface area contributed by atoms with Crippen molar-refractivity contribution >= 4 is 0 Å². The lowest BCUT2D eigenvalue weighted by Crippen LogP contribution is -2.32. The highest BCUT2D eigenvalue weighted by molar-refractivity contribution is 5.62. The van der Waals surface area contributed by atoms with E-state index in [0.717, 1.165) is 17.7 Å². The molecular formula is C19H16F4N4O. The van der Waals surface area contributed by atoms with Gasteiger partial charge in [-0.3, -0.25) is 0 Å². The van der Waals surface area contributed by atoms with Gasteiger partial charge in [0.2, 0.25) is 5.89 Å². The summed E-state index contributed by atoms with van der Waals surface area (Å²) in [6.07, 6.45) is -1.65. The molecule has 0 aliphatic heterocycles. The maximum absolute atomic E-state index is 14.1. The van der Waals surface area contributed by atoms with E-state index >= 15 is 0 Å². The zero-order valence-electron chi connectivity index (χ0n) is 15.1. The third-order valence-corrected chi connectivity index (χ3v) is 5.27. The van der Waals surface area contributed by atoms with Crippen molar-refractivity contribution in [3.63, 3.8) is 0 Å². The number of aromatic nitrogens is 4. The number of alkyl halides is 2. The largest absolute Gasteiger partial charge is 0.419 e. The van der Waals surface area contributed by atoms with Crippen LogP contribution in [0.3, 0.4) is 0 Å². The summed E-state index contributed by atoms with van der Waals surface area (Å²) >= 11 is 0. The molecule has 28 heavy (non-hydrogen) atoms. The van der Waals surface area contributed by atoms with Crippen LogP contribution in [0.4, 0.5) is 17.6 Å². The van der Waals surface area contributed by atoms with Gasteiger partial charge in [-0.2, -0.15) is 13.9 Å². The Morgan fingerprint density at radius 2 is 1.82 bits per heavy atom. The Morgan fingerprint density at radius 3 is 2.46 bits per heavy atom. The first-order valence-electron chi connectivity index (χ1n) is 8.75. The standard InChI is InChI=1S/C19H16F4N4O/c1-9-6-7-19(2,18-27-26-17(28-18)16(22)23)15-10(9)8-13(24-25-15)14-11(20)4-3-5-12(14)21/h3-5,8-9,16H,6-7H2,1-2H3/t9-,19-/m0/s1. The van der Waals surface area contributed by atoms with Crippen LogP contribution in [0.15, 0.2) is 28.7 Å². The fourth-order valence-electron chi connectivity index (χ4n) is 3.61. The molecule has 0 radical (unpaired) electrons. The number of hydrogen-bond acceptors (Lipinski definition) is 5. The van der Waals surface area contributed by atoms with E-state index in [1.54, 1.807) is 13.0 Å². The second kappa shape index (κ2) is 6.65. The molecule has 3 aromatic rings. The van der Waals surface area contributed by atoms with Crippen LogP contribution in [0.25, 0.3) is 11.3 Å². The molecule has 9 heteroatoms. The van der Waals surface area contributed by atoms with Crippen molar-refractivity contribution in [2.75, 3.05) is 0 Å². The zero-order chi connectivity index (χ0) is 20.1. The molecule has 1 aliphatic rings. The van der Waals surface area contributed by atoms with Crippen LogP contribution in [0.1, 0.15) is 62.1 Å². The fourth-order valence-corrected chi connectivity index (χ4v) is 3.61. The number of nitrogens with zero attached hydrogens (tertiary/aromatic N) is 4. The van der Waals surface area contributed by atoms with E-state index in [4.69, 9.17) is 4.42 Å². The van der Waals surface area contributed by atoms with Gasteiger partial charge in [0.25, 0.3) is 5.89 Å². The first kappa shape index (κ1) is 18.5. The van der Waals surface area contributed by atoms with Crippen molar-refractivity contribution in [3.8, 4) is 11.3 Å². The molecule has 0 spiro atoms. The average Bonchev–Trinajstić information content (AvgIpc) is 3.16. The number of benzene rings is 1. The van der Waals surface area contributed by atoms with Crippen molar-refractivity contribution < 1.29 is 22.0 Å². The van der Waals surface area contributed by atoms with Gasteiger partial charge in [-0.15, -0.1) is 15.3 Å². The molecule has 146 valence electrons. The summed E-state index contributed by atoms with van der Waals surface area (Å²) < 4.78 is 59.2. The van der Waals surface area contributed by atoms with Crippen LogP contribution in [0.5, 0.6) is 0 Å². The van der Waals surface area contributed by atoms with Gasteiger partial charge in [-0.1, -0.05) is 13.0 Å². The Bertz CT molecular complexity index is 1020. The first-order valence-corrected chi connectivity index (χ1v) is 8.75. The summed E-state index contributed by atoms with van der Waals surface area (Å²) in [6, 6.07) is 5.17. The van der Waals surface area contributed by atoms with Crippen LogP contribution in [-0.2, 0) is 5.41 Å². The monoisotopic (exact) mass is 392 g/mol. The van der Waals surface area contributed by atoms with E-state index in [9.17, 15) is 17.6 Å². The summed E-state index contributed by atoms with van der Waals surface area (Å²) in [5.41, 5.74) is 0.107. The maximum atomic E-state index is 14.1. The lowest BCUT2D eigenvalue weighted by atomic mass is 9.70. The molecule has 0 amide bonds. The quantitative estimate of drug-likeness (QED) is 0.591. The molecule has 0 unspecified atom stereocenters. The Morgan fingerprint density at radius 1 is 1.11 bits per heavy atom. The summed E-state index contributed by atoms with van der Waals surface area (Å²) in [5.74, 6) is -2.17. The lowest BCUT2D eigenvalue weighted by Gasteiger charge is -2.34. The fraction of sp³-hybridized carbons (Fsp3) is 0.368. The SMILES string of the molecule is C[C@H]1CC[C@](C)(c2nnc(C(F)F)o2)c2nnc(-c3c(F)cccc3F)cc21. The molecular weight excluding hydrogens is 376 g/mol. The Labute approximate surface area is 157 Å². The van der Waals surface area contributed by atoms with Gasteiger partial charge < -0.3 is 4.42 Å². The van der Waals surface area contributed by atoms with Crippen molar-refractivity contribution in [1.29, 1.82) is 0 Å². The number of halogens is 4. The molecule has 5 nitrogen and oxygen atoms in total. The second-order valence-corrected chi connectivity index (χ2v) is 7.15. The van der Waals surface area contributed by atoms with Gasteiger partial charge >= 0.3 is 6.43 Å². The van der Waals surface area contributed by atoms with Crippen molar-refractivity contribution in [1.82, 2.24) is 20.4 Å². The van der Waals surface area contributed by atoms with Gasteiger partial charge in [0, 0.05) is 0 Å². The highest BCUT2D eigenvalue weighted by Crippen LogP contribution is 2.46. The van der Waals surface area contributed by atoms with Crippen molar-refractivity contribution in [2.45, 2.75) is 44.4 Å². The van der Waals surface area contributed by atoms with E-state index < -0.39 is 29.4 Å². The molecule has 1 aliphatic carbocycles. The molecule has 0 fully saturated rings. The predicted molar refractivity (Wildman–Crippen MR) is 90.7 cm³/mol. The second-order valence-electron chi connectivity index (χ2n) is 7.15. The van der Waals surface area contributed by atoms with Crippen LogP contribution in [-0.4, -0.2) is 20.4 Å². The van der Waals surface area contributed by atoms with E-state index in [-0.39, 0.29) is 23.1 Å². The number of fused-ring (bicyclic) bond motifs is 1. The third kappa shape index (κ3) is 2.85. The Hall–Kier alpha value is -2.84. The van der Waals surface area contributed by atoms with Crippen LogP contribution >= 0.6 is 0 Å². The molecule has 2 atom stereocenters. The van der Waals surface area contributed by atoms with E-state index in [0.29, 0.717) is 18.5 Å². The number of rotatable bonds is 3. The summed E-state index contributed by atoms with van der Waals surface area (Å²) in [5, 5.41) is 15.4. The van der Waals surface area contributed by atoms with Crippen LogP contribution in [0.2, 0.25) is 0 Å². The van der Waals surface area contributed by atoms with E-state index in [1.165, 1.54) is 6.07 Å². The van der Waals surface area contributed by atoms with Gasteiger partial charge in [0.15, 0.2) is 0 Å². The van der Waals surface area contributed by atoms with Crippen LogP contribution in [0, 0.1) is 11.6 Å². The van der Waals surface area contributed by atoms with Gasteiger partial charge in [0.1, 0.15) is 11.6 Å². The lowest BCUT2D eigenvalue weighted by molar-refractivity contribution is 0.111. The van der Waals surface area contributed by atoms with Crippen molar-refractivity contribution in [3.05, 3.63) is 58.9 Å². The molecule has 0 N–H and O–H groups in total. The first-order chi connectivity index (χ1) is 13.3. The minimum atomic E-state index is -2.87. The highest BCUT2D eigenvalue weighted by atomic mass is 19.3. The normalized spacial score (nSPS) is 21.8. The molecule has 2 aromatic heterocycles. The summed E-state index contributed by atoms with van der Waals surface area (Å²) in [6.45, 7) is 3.72. The topological polar surface area (TPSA) is 64.7 Å². The maximum Gasteiger partial charge on any atom is 0.314 e. The minimum Gasteiger partial charge on any atom is -0.419 e. The highest BCUT2D eigenvalue weighted by Gasteiger charge is 2.43. The third-order valence-electron chi connectivity index (χ3n) is 5.27. The summed E-state index contributed by atoms with van der Waals surface area (Å²) in [7, 11) is 0. The molecule has 1 aromatic carbocycles. The van der Waals surface area contributed by atoms with Gasteiger partial charge in [-0.05, 0) is 49.4 Å². The van der Waals surface area contributed by atoms with E-state index in [1.807, 2.05) is 6.92 Å². The van der Waals surface area contributed by atoms with Crippen molar-refractivity contribution in [2.24, 2.45) is 0 Å². The predicted octanol–water partition coefficient (Wildman–Crippen LogP) is 4.95. The minimum absolute atomic E-state index is 0.0232. The Balaban J connectivity index is 1.84. The summed E-state index contributed by atoms with van der Waals surface area (Å²) in [4.78, 5) is 0. The molecule has 0 saturated heterocycles. The number of hydrogen-bond donors (Lipinski definition) is 0. The Kier molecular flexibility index (Phi) is 4.40. The van der Waals surface area contributed by atoms with Gasteiger partial charge in [0.05, 0.1) is 22.4 Å². The average molecular weight is 392 g/mol. The zero-order valence-corrected chi connectivity index (χ0v) is 15.1. The molecule has 4 rings (SSSR count).